The second-order valence-corrected chi connectivity index (χ2v) is 9.84. The van der Waals surface area contributed by atoms with Crippen LogP contribution in [-0.2, 0) is 0 Å². The van der Waals surface area contributed by atoms with Gasteiger partial charge in [0.25, 0.3) is 0 Å². The van der Waals surface area contributed by atoms with Crippen molar-refractivity contribution >= 4 is 43.5 Å². The summed E-state index contributed by atoms with van der Waals surface area (Å²) in [6, 6.07) is -12.2. The van der Waals surface area contributed by atoms with Gasteiger partial charge in [-0.2, -0.15) is 0 Å². The summed E-state index contributed by atoms with van der Waals surface area (Å²) in [6.45, 7) is 0. The minimum absolute atomic E-state index is 0.0541. The molecule has 9 aromatic rings. The lowest BCUT2D eigenvalue weighted by molar-refractivity contribution is 0.670. The Morgan fingerprint density at radius 3 is 1.49 bits per heavy atom. The van der Waals surface area contributed by atoms with Crippen LogP contribution in [0.3, 0.4) is 0 Å². The van der Waals surface area contributed by atoms with Gasteiger partial charge < -0.3 is 4.42 Å². The van der Waals surface area contributed by atoms with E-state index in [0.29, 0.717) is 0 Å². The lowest BCUT2D eigenvalue weighted by Gasteiger charge is -2.18. The van der Waals surface area contributed by atoms with Crippen LogP contribution in [0.5, 0.6) is 0 Å². The molecule has 0 atom stereocenters. The molecule has 0 fully saturated rings. The number of hydrogen-bond donors (Lipinski definition) is 0. The predicted octanol–water partition coefficient (Wildman–Crippen LogP) is 12.6. The van der Waals surface area contributed by atoms with Gasteiger partial charge in [-0.1, -0.05) is 157 Å². The van der Waals surface area contributed by atoms with Gasteiger partial charge in [0.05, 0.1) is 32.9 Å². The van der Waals surface area contributed by atoms with Crippen molar-refractivity contribution in [3.8, 4) is 44.5 Å². The van der Waals surface area contributed by atoms with E-state index in [9.17, 15) is 4.11 Å². The van der Waals surface area contributed by atoms with E-state index in [1.807, 2.05) is 0 Å². The van der Waals surface area contributed by atoms with Crippen LogP contribution in [0.1, 0.15) is 32.9 Å². The zero-order valence-electron chi connectivity index (χ0n) is 46.7. The second-order valence-electron chi connectivity index (χ2n) is 9.84. The number of rotatable bonds is 4. The standard InChI is InChI=1S/C44H28O/c1-3-12-30(13-4-1)34-20-11-21-40-35-27-26-33(28-41(35)45-44(34)40)29-22-24-32(25-23-29)43-38-18-9-7-16-36(38)42(31-14-5-2-6-15-31)37-17-8-10-19-39(37)43/h1-28H/i1D,2D,3D,4D,5D,6D,7D,8D,9D,10D,11D,12D,13D,14D,15D,16D,17D,18D,19D,20D,21D,26D,27D,28D. The van der Waals surface area contributed by atoms with E-state index in [4.69, 9.17) is 33.2 Å². The maximum atomic E-state index is 9.34. The van der Waals surface area contributed by atoms with Crippen LogP contribution in [0.4, 0.5) is 0 Å². The normalized spacial score (nSPS) is 19.0. The van der Waals surface area contributed by atoms with Crippen LogP contribution in [0, 0.1) is 0 Å². The Kier molecular flexibility index (Phi) is 2.58. The summed E-state index contributed by atoms with van der Waals surface area (Å²) < 4.78 is 216. The van der Waals surface area contributed by atoms with E-state index in [1.54, 1.807) is 0 Å². The molecule has 0 spiro atoms. The van der Waals surface area contributed by atoms with Crippen LogP contribution in [0.2, 0.25) is 0 Å². The maximum absolute atomic E-state index is 9.34. The summed E-state index contributed by atoms with van der Waals surface area (Å²) in [5.41, 5.74) is -3.18. The average Bonchev–Trinajstić information content (AvgIpc) is 3.74. The molecule has 8 aromatic carbocycles. The minimum atomic E-state index is -0.815. The molecule has 0 unspecified atom stereocenters. The lowest BCUT2D eigenvalue weighted by atomic mass is 9.86. The fourth-order valence-electron chi connectivity index (χ4n) is 5.45. The maximum Gasteiger partial charge on any atom is 0.143 e. The zero-order valence-corrected chi connectivity index (χ0v) is 22.7. The third-order valence-corrected chi connectivity index (χ3v) is 7.40. The highest BCUT2D eigenvalue weighted by atomic mass is 16.3. The summed E-state index contributed by atoms with van der Waals surface area (Å²) >= 11 is 0. The molecule has 9 rings (SSSR count). The molecule has 0 amide bonds. The van der Waals surface area contributed by atoms with Crippen molar-refractivity contribution in [1.82, 2.24) is 0 Å². The summed E-state index contributed by atoms with van der Waals surface area (Å²) in [6.07, 6.45) is 0. The molecular formula is C44H28O. The Morgan fingerprint density at radius 2 is 0.867 bits per heavy atom. The SMILES string of the molecule is [2H]c1c([2H])c([2H])c(-c2c([2H])c([2H])c([2H])c3c2oc2c([2H])c(-c4ccc(-c5c6c([2H])c([2H])c([2H])c([2H])c6c(-c6c([2H])c([2H])c([2H])c([2H])c6[2H])c6c([2H])c([2H])c([2H])c([2H])c56)cc4)c([2H])c([2H])c23)c([2H])c1[2H]. The molecule has 1 heterocycles. The Bertz CT molecular complexity index is 3740. The topological polar surface area (TPSA) is 13.1 Å². The summed E-state index contributed by atoms with van der Waals surface area (Å²) in [4.78, 5) is 0. The Morgan fingerprint density at radius 1 is 0.356 bits per heavy atom. The summed E-state index contributed by atoms with van der Waals surface area (Å²) in [5, 5.41) is -2.13. The highest BCUT2D eigenvalue weighted by Crippen LogP contribution is 2.44. The minimum Gasteiger partial charge on any atom is -0.455 e. The number of fused-ring (bicyclic) bond motifs is 5. The Balaban J connectivity index is 1.37. The van der Waals surface area contributed by atoms with E-state index in [-0.39, 0.29) is 43.8 Å². The Labute approximate surface area is 295 Å². The van der Waals surface area contributed by atoms with Gasteiger partial charge in [-0.15, -0.1) is 0 Å². The second kappa shape index (κ2) is 10.4. The van der Waals surface area contributed by atoms with E-state index in [1.165, 1.54) is 24.3 Å². The number of hydrogen-bond acceptors (Lipinski definition) is 1. The molecule has 0 radical (unpaired) electrons. The fourth-order valence-corrected chi connectivity index (χ4v) is 5.45. The quantitative estimate of drug-likeness (QED) is 0.184. The van der Waals surface area contributed by atoms with Crippen LogP contribution >= 0.6 is 0 Å². The fraction of sp³-hybridized carbons (Fsp3) is 0. The monoisotopic (exact) mass is 596 g/mol. The first-order valence-electron chi connectivity index (χ1n) is 25.5. The first-order valence-corrected chi connectivity index (χ1v) is 13.5. The molecule has 0 bridgehead atoms. The highest BCUT2D eigenvalue weighted by Gasteiger charge is 2.17. The van der Waals surface area contributed by atoms with Gasteiger partial charge in [0.2, 0.25) is 0 Å². The largest absolute Gasteiger partial charge is 0.455 e. The van der Waals surface area contributed by atoms with Gasteiger partial charge in [-0.25, -0.2) is 0 Å². The van der Waals surface area contributed by atoms with Crippen LogP contribution < -0.4 is 0 Å². The third-order valence-electron chi connectivity index (χ3n) is 7.40. The summed E-state index contributed by atoms with van der Waals surface area (Å²) in [7, 11) is 0. The molecule has 0 saturated carbocycles. The molecule has 1 aromatic heterocycles. The first kappa shape index (κ1) is 11.2. The molecular weight excluding hydrogens is 544 g/mol. The average molecular weight is 597 g/mol. The van der Waals surface area contributed by atoms with Crippen LogP contribution in [0.15, 0.2) is 174 Å². The molecule has 210 valence electrons. The van der Waals surface area contributed by atoms with Crippen molar-refractivity contribution in [3.63, 3.8) is 0 Å². The molecule has 0 aliphatic rings. The third kappa shape index (κ3) is 4.17. The smallest absolute Gasteiger partial charge is 0.143 e. The first-order chi connectivity index (χ1) is 32.3. The van der Waals surface area contributed by atoms with Crippen molar-refractivity contribution in [2.75, 3.05) is 0 Å². The van der Waals surface area contributed by atoms with Gasteiger partial charge in [-0.05, 0) is 72.6 Å². The van der Waals surface area contributed by atoms with Crippen molar-refractivity contribution < 1.29 is 37.3 Å². The van der Waals surface area contributed by atoms with Crippen molar-refractivity contribution in [3.05, 3.63) is 169 Å². The van der Waals surface area contributed by atoms with Gasteiger partial charge in [-0.3, -0.25) is 0 Å². The van der Waals surface area contributed by atoms with Crippen LogP contribution in [-0.4, -0.2) is 0 Å². The highest BCUT2D eigenvalue weighted by molar-refractivity contribution is 6.21. The van der Waals surface area contributed by atoms with E-state index in [0.717, 1.165) is 0 Å². The van der Waals surface area contributed by atoms with E-state index in [2.05, 4.69) is 0 Å². The van der Waals surface area contributed by atoms with Gasteiger partial charge >= 0.3 is 0 Å². The zero-order chi connectivity index (χ0) is 50.6. The van der Waals surface area contributed by atoms with Crippen molar-refractivity contribution in [1.29, 1.82) is 0 Å². The van der Waals surface area contributed by atoms with E-state index < -0.39 is 189 Å². The van der Waals surface area contributed by atoms with Gasteiger partial charge in [0.15, 0.2) is 0 Å². The molecule has 1 nitrogen and oxygen atoms in total. The molecule has 45 heavy (non-hydrogen) atoms. The van der Waals surface area contributed by atoms with E-state index >= 15 is 0 Å². The number of benzene rings is 8. The molecule has 1 heteroatoms. The van der Waals surface area contributed by atoms with Gasteiger partial charge in [0, 0.05) is 16.3 Å². The Hall–Kier alpha value is -5.92. The lowest BCUT2D eigenvalue weighted by Crippen LogP contribution is -1.90. The molecule has 0 N–H and O–H groups in total. The number of furan rings is 1. The number of para-hydroxylation sites is 1. The summed E-state index contributed by atoms with van der Waals surface area (Å²) in [5.74, 6) is 0. The predicted molar refractivity (Wildman–Crippen MR) is 190 cm³/mol. The molecule has 0 aliphatic heterocycles. The van der Waals surface area contributed by atoms with Crippen LogP contribution in [0.25, 0.3) is 88.0 Å². The molecule has 0 aliphatic carbocycles. The van der Waals surface area contributed by atoms with Crippen molar-refractivity contribution in [2.24, 2.45) is 0 Å². The molecule has 0 saturated heterocycles. The van der Waals surface area contributed by atoms with Gasteiger partial charge in [0.1, 0.15) is 11.2 Å². The van der Waals surface area contributed by atoms with Crippen molar-refractivity contribution in [2.45, 2.75) is 0 Å².